The first-order valence-electron chi connectivity index (χ1n) is 7.18. The molecule has 0 radical (unpaired) electrons. The fourth-order valence-corrected chi connectivity index (χ4v) is 3.44. The van der Waals surface area contributed by atoms with Crippen molar-refractivity contribution in [2.45, 2.75) is 46.1 Å². The van der Waals surface area contributed by atoms with E-state index in [9.17, 15) is 4.39 Å². The second kappa shape index (κ2) is 6.13. The average Bonchev–Trinajstić information content (AvgIpc) is 2.26. The van der Waals surface area contributed by atoms with Crippen molar-refractivity contribution in [3.05, 3.63) is 29.0 Å². The van der Waals surface area contributed by atoms with Crippen LogP contribution >= 0.6 is 11.6 Å². The Labute approximate surface area is 120 Å². The van der Waals surface area contributed by atoms with Crippen molar-refractivity contribution in [2.24, 2.45) is 17.8 Å². The van der Waals surface area contributed by atoms with Gasteiger partial charge in [0.1, 0.15) is 5.82 Å². The summed E-state index contributed by atoms with van der Waals surface area (Å²) in [6, 6.07) is 5.10. The monoisotopic (exact) mass is 283 g/mol. The number of rotatable bonds is 3. The highest BCUT2D eigenvalue weighted by Crippen LogP contribution is 2.35. The lowest BCUT2D eigenvalue weighted by atomic mass is 9.74. The van der Waals surface area contributed by atoms with Gasteiger partial charge < -0.3 is 5.32 Å². The minimum Gasteiger partial charge on any atom is -0.382 e. The van der Waals surface area contributed by atoms with Gasteiger partial charge in [-0.1, -0.05) is 38.8 Å². The molecule has 1 saturated carbocycles. The molecular formula is C16H23ClFN. The van der Waals surface area contributed by atoms with E-state index in [0.29, 0.717) is 22.9 Å². The Morgan fingerprint density at radius 3 is 2.63 bits per heavy atom. The SMILES string of the molecule is CC1CCC(C(C)C)C(Nc2cc(F)cc(Cl)c2)C1. The van der Waals surface area contributed by atoms with Gasteiger partial charge >= 0.3 is 0 Å². The highest BCUT2D eigenvalue weighted by molar-refractivity contribution is 6.30. The van der Waals surface area contributed by atoms with Crippen LogP contribution in [0.5, 0.6) is 0 Å². The largest absolute Gasteiger partial charge is 0.382 e. The Morgan fingerprint density at radius 2 is 2.00 bits per heavy atom. The zero-order valence-electron chi connectivity index (χ0n) is 11.9. The smallest absolute Gasteiger partial charge is 0.126 e. The van der Waals surface area contributed by atoms with E-state index in [0.717, 1.165) is 18.0 Å². The average molecular weight is 284 g/mol. The lowest BCUT2D eigenvalue weighted by Gasteiger charge is -2.38. The predicted molar refractivity (Wildman–Crippen MR) is 80.2 cm³/mol. The summed E-state index contributed by atoms with van der Waals surface area (Å²) in [7, 11) is 0. The summed E-state index contributed by atoms with van der Waals surface area (Å²) < 4.78 is 13.4. The van der Waals surface area contributed by atoms with Gasteiger partial charge in [0.2, 0.25) is 0 Å². The molecule has 1 aromatic carbocycles. The van der Waals surface area contributed by atoms with E-state index in [2.05, 4.69) is 26.1 Å². The van der Waals surface area contributed by atoms with Crippen molar-refractivity contribution in [1.29, 1.82) is 0 Å². The summed E-state index contributed by atoms with van der Waals surface area (Å²) in [5.74, 6) is 1.75. The third-order valence-electron chi connectivity index (χ3n) is 4.24. The number of nitrogens with one attached hydrogen (secondary N) is 1. The quantitative estimate of drug-likeness (QED) is 0.788. The molecular weight excluding hydrogens is 261 g/mol. The van der Waals surface area contributed by atoms with Crippen molar-refractivity contribution >= 4 is 17.3 Å². The first-order valence-corrected chi connectivity index (χ1v) is 7.56. The maximum absolute atomic E-state index is 13.4. The van der Waals surface area contributed by atoms with Gasteiger partial charge in [-0.15, -0.1) is 0 Å². The molecule has 0 amide bonds. The second-order valence-corrected chi connectivity index (χ2v) is 6.67. The number of halogens is 2. The van der Waals surface area contributed by atoms with Crippen LogP contribution in [0.25, 0.3) is 0 Å². The minimum atomic E-state index is -0.278. The number of anilines is 1. The van der Waals surface area contributed by atoms with E-state index in [1.165, 1.54) is 25.0 Å². The summed E-state index contributed by atoms with van der Waals surface area (Å²) in [4.78, 5) is 0. The molecule has 1 aliphatic carbocycles. The van der Waals surface area contributed by atoms with Crippen LogP contribution in [0, 0.1) is 23.6 Å². The second-order valence-electron chi connectivity index (χ2n) is 6.24. The van der Waals surface area contributed by atoms with Crippen LogP contribution in [0.1, 0.15) is 40.0 Å². The zero-order valence-corrected chi connectivity index (χ0v) is 12.7. The molecule has 0 aromatic heterocycles. The maximum Gasteiger partial charge on any atom is 0.126 e. The van der Waals surface area contributed by atoms with Crippen LogP contribution in [-0.2, 0) is 0 Å². The van der Waals surface area contributed by atoms with E-state index >= 15 is 0 Å². The first kappa shape index (κ1) is 14.6. The molecule has 2 rings (SSSR count). The fraction of sp³-hybridized carbons (Fsp3) is 0.625. The lowest BCUT2D eigenvalue weighted by molar-refractivity contribution is 0.212. The Morgan fingerprint density at radius 1 is 1.26 bits per heavy atom. The summed E-state index contributed by atoms with van der Waals surface area (Å²) in [6.07, 6.45) is 3.70. The third kappa shape index (κ3) is 3.85. The molecule has 3 unspecified atom stereocenters. The maximum atomic E-state index is 13.4. The molecule has 106 valence electrons. The molecule has 0 aliphatic heterocycles. The number of hydrogen-bond acceptors (Lipinski definition) is 1. The normalized spacial score (nSPS) is 27.6. The summed E-state index contributed by atoms with van der Waals surface area (Å²) in [5.41, 5.74) is 0.801. The molecule has 0 spiro atoms. The number of benzene rings is 1. The molecule has 19 heavy (non-hydrogen) atoms. The predicted octanol–water partition coefficient (Wildman–Crippen LogP) is 5.35. The van der Waals surface area contributed by atoms with Crippen LogP contribution < -0.4 is 5.32 Å². The molecule has 0 saturated heterocycles. The van der Waals surface area contributed by atoms with Gasteiger partial charge in [0.25, 0.3) is 0 Å². The molecule has 1 aromatic rings. The summed E-state index contributed by atoms with van der Waals surface area (Å²) in [6.45, 7) is 6.84. The van der Waals surface area contributed by atoms with E-state index in [1.807, 2.05) is 0 Å². The van der Waals surface area contributed by atoms with Crippen molar-refractivity contribution in [1.82, 2.24) is 0 Å². The summed E-state index contributed by atoms with van der Waals surface area (Å²) in [5, 5.41) is 3.95. The zero-order chi connectivity index (χ0) is 14.0. The standard InChI is InChI=1S/C16H23ClFN/c1-10(2)15-5-4-11(3)6-16(15)19-14-8-12(17)7-13(18)9-14/h7-11,15-16,19H,4-6H2,1-3H3. The van der Waals surface area contributed by atoms with Crippen LogP contribution in [-0.4, -0.2) is 6.04 Å². The van der Waals surface area contributed by atoms with Gasteiger partial charge in [-0.2, -0.15) is 0 Å². The molecule has 3 atom stereocenters. The molecule has 1 N–H and O–H groups in total. The Bertz CT molecular complexity index is 413. The van der Waals surface area contributed by atoms with E-state index < -0.39 is 0 Å². The minimum absolute atomic E-state index is 0.278. The molecule has 1 fully saturated rings. The van der Waals surface area contributed by atoms with Crippen molar-refractivity contribution in [2.75, 3.05) is 5.32 Å². The van der Waals surface area contributed by atoms with E-state index in [1.54, 1.807) is 6.07 Å². The third-order valence-corrected chi connectivity index (χ3v) is 4.46. The van der Waals surface area contributed by atoms with E-state index in [4.69, 9.17) is 11.6 Å². The van der Waals surface area contributed by atoms with Gasteiger partial charge in [-0.25, -0.2) is 4.39 Å². The fourth-order valence-electron chi connectivity index (χ4n) is 3.22. The van der Waals surface area contributed by atoms with Crippen molar-refractivity contribution < 1.29 is 4.39 Å². The first-order chi connectivity index (χ1) is 8.95. The lowest BCUT2D eigenvalue weighted by Crippen LogP contribution is -2.37. The molecule has 3 heteroatoms. The highest BCUT2D eigenvalue weighted by atomic mass is 35.5. The summed E-state index contributed by atoms with van der Waals surface area (Å²) >= 11 is 5.92. The Balaban J connectivity index is 2.13. The van der Waals surface area contributed by atoms with Crippen LogP contribution in [0.4, 0.5) is 10.1 Å². The van der Waals surface area contributed by atoms with Crippen LogP contribution in [0.15, 0.2) is 18.2 Å². The molecule has 1 nitrogen and oxygen atoms in total. The van der Waals surface area contributed by atoms with Gasteiger partial charge in [0, 0.05) is 16.8 Å². The highest BCUT2D eigenvalue weighted by Gasteiger charge is 2.30. The van der Waals surface area contributed by atoms with Gasteiger partial charge in [0.15, 0.2) is 0 Å². The topological polar surface area (TPSA) is 12.0 Å². The van der Waals surface area contributed by atoms with Gasteiger partial charge in [-0.05, 0) is 48.8 Å². The van der Waals surface area contributed by atoms with Crippen LogP contribution in [0.3, 0.4) is 0 Å². The molecule has 1 aliphatic rings. The van der Waals surface area contributed by atoms with E-state index in [-0.39, 0.29) is 5.82 Å². The molecule has 0 bridgehead atoms. The van der Waals surface area contributed by atoms with Crippen LogP contribution in [0.2, 0.25) is 5.02 Å². The van der Waals surface area contributed by atoms with Crippen molar-refractivity contribution in [3.8, 4) is 0 Å². The number of hydrogen-bond donors (Lipinski definition) is 1. The van der Waals surface area contributed by atoms with Gasteiger partial charge in [-0.3, -0.25) is 0 Å². The van der Waals surface area contributed by atoms with Gasteiger partial charge in [0.05, 0.1) is 0 Å². The molecule has 0 heterocycles. The van der Waals surface area contributed by atoms with Crippen molar-refractivity contribution in [3.63, 3.8) is 0 Å². The Hall–Kier alpha value is -0.760. The Kier molecular flexibility index (Phi) is 4.72.